The number of aromatic nitrogens is 4. The van der Waals surface area contributed by atoms with Gasteiger partial charge in [0.05, 0.1) is 12.6 Å². The van der Waals surface area contributed by atoms with Gasteiger partial charge in [0.15, 0.2) is 5.82 Å². The van der Waals surface area contributed by atoms with Crippen LogP contribution in [0.2, 0.25) is 0 Å². The molecule has 1 saturated heterocycles. The molecule has 3 rings (SSSR count). The van der Waals surface area contributed by atoms with Crippen molar-refractivity contribution >= 4 is 21.6 Å². The van der Waals surface area contributed by atoms with E-state index in [0.717, 1.165) is 35.4 Å². The molecule has 1 aromatic heterocycles. The van der Waals surface area contributed by atoms with Crippen molar-refractivity contribution in [3.63, 3.8) is 0 Å². The minimum Gasteiger partial charge on any atom is -0.399 e. The zero-order valence-corrected chi connectivity index (χ0v) is 12.7. The highest BCUT2D eigenvalue weighted by atomic mass is 79.9. The van der Waals surface area contributed by atoms with Crippen LogP contribution in [-0.4, -0.2) is 32.9 Å². The molecule has 6 nitrogen and oxygen atoms in total. The Morgan fingerprint density at radius 1 is 1.50 bits per heavy atom. The van der Waals surface area contributed by atoms with E-state index in [0.29, 0.717) is 11.6 Å². The van der Waals surface area contributed by atoms with Gasteiger partial charge in [0.2, 0.25) is 0 Å². The van der Waals surface area contributed by atoms with Crippen LogP contribution in [0.25, 0.3) is 11.4 Å². The molecule has 0 amide bonds. The van der Waals surface area contributed by atoms with Gasteiger partial charge in [0.1, 0.15) is 0 Å². The van der Waals surface area contributed by atoms with Crippen LogP contribution in [0.1, 0.15) is 13.3 Å². The fraction of sp³-hybridized carbons (Fsp3) is 0.462. The fourth-order valence-electron chi connectivity index (χ4n) is 2.47. The molecule has 1 aromatic carbocycles. The molecular formula is C13H16BrN5O. The Kier molecular flexibility index (Phi) is 3.71. The van der Waals surface area contributed by atoms with Crippen LogP contribution in [0.5, 0.6) is 0 Å². The van der Waals surface area contributed by atoms with E-state index < -0.39 is 0 Å². The van der Waals surface area contributed by atoms with Gasteiger partial charge in [-0.25, -0.2) is 4.68 Å². The van der Waals surface area contributed by atoms with E-state index in [4.69, 9.17) is 10.5 Å². The molecule has 2 atom stereocenters. The second kappa shape index (κ2) is 5.49. The van der Waals surface area contributed by atoms with Crippen molar-refractivity contribution in [2.45, 2.75) is 26.0 Å². The van der Waals surface area contributed by atoms with Gasteiger partial charge < -0.3 is 10.5 Å². The maximum absolute atomic E-state index is 5.85. The van der Waals surface area contributed by atoms with Gasteiger partial charge in [-0.3, -0.25) is 0 Å². The molecule has 1 fully saturated rings. The predicted molar refractivity (Wildman–Crippen MR) is 78.9 cm³/mol. The third kappa shape index (κ3) is 2.55. The molecule has 106 valence electrons. The third-order valence-electron chi connectivity index (χ3n) is 3.70. The average Bonchev–Trinajstić information content (AvgIpc) is 3.03. The van der Waals surface area contributed by atoms with Crippen molar-refractivity contribution in [3.05, 3.63) is 22.7 Å². The Labute approximate surface area is 125 Å². The van der Waals surface area contributed by atoms with E-state index in [9.17, 15) is 0 Å². The zero-order chi connectivity index (χ0) is 14.1. The molecule has 20 heavy (non-hydrogen) atoms. The number of rotatable bonds is 3. The summed E-state index contributed by atoms with van der Waals surface area (Å²) in [6, 6.07) is 5.63. The number of nitrogen functional groups attached to an aromatic ring is 1. The van der Waals surface area contributed by atoms with Crippen molar-refractivity contribution in [2.75, 3.05) is 12.3 Å². The van der Waals surface area contributed by atoms with Crippen LogP contribution < -0.4 is 5.73 Å². The maximum Gasteiger partial charge on any atom is 0.183 e. The van der Waals surface area contributed by atoms with Crippen molar-refractivity contribution < 1.29 is 4.74 Å². The standard InChI is InChI=1S/C13H16BrN5O/c1-8-9(4-5-20-8)7-19-13(16-17-18-19)11-6-10(15)2-3-12(11)14/h2-3,6,8-9H,4-5,7,15H2,1H3. The van der Waals surface area contributed by atoms with Crippen molar-refractivity contribution in [3.8, 4) is 11.4 Å². The zero-order valence-electron chi connectivity index (χ0n) is 11.2. The van der Waals surface area contributed by atoms with E-state index >= 15 is 0 Å². The second-order valence-corrected chi connectivity index (χ2v) is 5.90. The summed E-state index contributed by atoms with van der Waals surface area (Å²) in [5.74, 6) is 1.17. The molecule has 0 spiro atoms. The van der Waals surface area contributed by atoms with Crippen molar-refractivity contribution in [1.82, 2.24) is 20.2 Å². The number of halogens is 1. The fourth-order valence-corrected chi connectivity index (χ4v) is 2.90. The van der Waals surface area contributed by atoms with E-state index in [2.05, 4.69) is 38.4 Å². The Morgan fingerprint density at radius 2 is 2.35 bits per heavy atom. The largest absolute Gasteiger partial charge is 0.399 e. The molecule has 2 N–H and O–H groups in total. The first kappa shape index (κ1) is 13.5. The van der Waals surface area contributed by atoms with Gasteiger partial charge in [-0.2, -0.15) is 0 Å². The second-order valence-electron chi connectivity index (χ2n) is 5.05. The highest BCUT2D eigenvalue weighted by Gasteiger charge is 2.26. The molecule has 1 aliphatic heterocycles. The lowest BCUT2D eigenvalue weighted by Crippen LogP contribution is -2.19. The molecule has 7 heteroatoms. The predicted octanol–water partition coefficient (Wildman–Crippen LogP) is 2.11. The minimum absolute atomic E-state index is 0.247. The number of anilines is 1. The van der Waals surface area contributed by atoms with Crippen molar-refractivity contribution in [1.29, 1.82) is 0 Å². The van der Waals surface area contributed by atoms with Crippen LogP contribution in [0.4, 0.5) is 5.69 Å². The van der Waals surface area contributed by atoms with Gasteiger partial charge in [0, 0.05) is 28.2 Å². The Bertz CT molecular complexity index is 615. The number of benzene rings is 1. The Morgan fingerprint density at radius 3 is 3.10 bits per heavy atom. The average molecular weight is 338 g/mol. The Hall–Kier alpha value is -1.47. The van der Waals surface area contributed by atoms with Gasteiger partial charge in [-0.15, -0.1) is 5.10 Å². The van der Waals surface area contributed by atoms with E-state index in [1.54, 1.807) is 0 Å². The van der Waals surface area contributed by atoms with Gasteiger partial charge in [-0.1, -0.05) is 15.9 Å². The smallest absolute Gasteiger partial charge is 0.183 e. The van der Waals surface area contributed by atoms with E-state index in [-0.39, 0.29) is 6.10 Å². The summed E-state index contributed by atoms with van der Waals surface area (Å²) in [6.07, 6.45) is 1.29. The normalized spacial score (nSPS) is 22.3. The van der Waals surface area contributed by atoms with Crippen LogP contribution in [0.3, 0.4) is 0 Å². The van der Waals surface area contributed by atoms with E-state index in [1.807, 2.05) is 22.9 Å². The maximum atomic E-state index is 5.85. The molecule has 2 unspecified atom stereocenters. The lowest BCUT2D eigenvalue weighted by molar-refractivity contribution is 0.101. The summed E-state index contributed by atoms with van der Waals surface area (Å²) in [7, 11) is 0. The molecule has 2 heterocycles. The lowest BCUT2D eigenvalue weighted by atomic mass is 10.0. The number of nitrogens with two attached hydrogens (primary N) is 1. The quantitative estimate of drug-likeness (QED) is 0.867. The number of hydrogen-bond acceptors (Lipinski definition) is 5. The minimum atomic E-state index is 0.247. The summed E-state index contributed by atoms with van der Waals surface area (Å²) in [4.78, 5) is 0. The topological polar surface area (TPSA) is 78.8 Å². The summed E-state index contributed by atoms with van der Waals surface area (Å²) in [6.45, 7) is 3.66. The summed E-state index contributed by atoms with van der Waals surface area (Å²) in [5, 5.41) is 12.0. The summed E-state index contributed by atoms with van der Waals surface area (Å²) in [5.41, 5.74) is 7.44. The van der Waals surface area contributed by atoms with E-state index in [1.165, 1.54) is 0 Å². The van der Waals surface area contributed by atoms with Crippen LogP contribution in [-0.2, 0) is 11.3 Å². The molecule has 0 aliphatic carbocycles. The molecule has 0 saturated carbocycles. The monoisotopic (exact) mass is 337 g/mol. The first-order chi connectivity index (χ1) is 9.65. The van der Waals surface area contributed by atoms with Crippen LogP contribution >= 0.6 is 15.9 Å². The first-order valence-corrected chi connectivity index (χ1v) is 7.37. The van der Waals surface area contributed by atoms with Crippen LogP contribution in [0.15, 0.2) is 22.7 Å². The molecular weight excluding hydrogens is 322 g/mol. The summed E-state index contributed by atoms with van der Waals surface area (Å²) < 4.78 is 8.35. The first-order valence-electron chi connectivity index (χ1n) is 6.58. The summed E-state index contributed by atoms with van der Waals surface area (Å²) >= 11 is 3.52. The lowest BCUT2D eigenvalue weighted by Gasteiger charge is -2.14. The SMILES string of the molecule is CC1OCCC1Cn1nnnc1-c1cc(N)ccc1Br. The van der Waals surface area contributed by atoms with Crippen LogP contribution in [0, 0.1) is 5.92 Å². The molecule has 0 radical (unpaired) electrons. The van der Waals surface area contributed by atoms with Gasteiger partial charge in [-0.05, 0) is 42.0 Å². The number of ether oxygens (including phenoxy) is 1. The highest BCUT2D eigenvalue weighted by molar-refractivity contribution is 9.10. The molecule has 1 aliphatic rings. The van der Waals surface area contributed by atoms with Crippen molar-refractivity contribution in [2.24, 2.45) is 5.92 Å². The van der Waals surface area contributed by atoms with Gasteiger partial charge in [0.25, 0.3) is 0 Å². The number of hydrogen-bond donors (Lipinski definition) is 1. The number of nitrogens with zero attached hydrogens (tertiary/aromatic N) is 4. The molecule has 0 bridgehead atoms. The number of tetrazole rings is 1. The Balaban J connectivity index is 1.91. The third-order valence-corrected chi connectivity index (χ3v) is 4.40. The van der Waals surface area contributed by atoms with Gasteiger partial charge >= 0.3 is 0 Å². The molecule has 2 aromatic rings. The highest BCUT2D eigenvalue weighted by Crippen LogP contribution is 2.29.